The van der Waals surface area contributed by atoms with Gasteiger partial charge in [-0.05, 0) is 104 Å². The summed E-state index contributed by atoms with van der Waals surface area (Å²) in [6.45, 7) is 2.32. The van der Waals surface area contributed by atoms with E-state index in [9.17, 15) is 9.59 Å². The number of hydrogen-bond acceptors (Lipinski definition) is 6. The zero-order valence-corrected chi connectivity index (χ0v) is 21.4. The van der Waals surface area contributed by atoms with E-state index >= 15 is 0 Å². The molecule has 2 heterocycles. The minimum Gasteiger partial charge on any atom is -0.445 e. The van der Waals surface area contributed by atoms with Crippen molar-refractivity contribution in [2.24, 2.45) is 17.3 Å². The maximum Gasteiger partial charge on any atom is 0.417 e. The molecule has 2 N–H and O–H groups in total. The molecule has 38 heavy (non-hydrogen) atoms. The Morgan fingerprint density at radius 2 is 1.55 bits per heavy atom. The summed E-state index contributed by atoms with van der Waals surface area (Å²) in [4.78, 5) is 32.9. The molecule has 8 nitrogen and oxygen atoms in total. The number of aromatic nitrogens is 2. The third-order valence-corrected chi connectivity index (χ3v) is 8.92. The fourth-order valence-electron chi connectivity index (χ4n) is 7.17. The van der Waals surface area contributed by atoms with Crippen LogP contribution in [0.25, 0.3) is 0 Å². The number of amides is 2. The van der Waals surface area contributed by atoms with Crippen LogP contribution in [0, 0.1) is 17.3 Å². The van der Waals surface area contributed by atoms with Crippen LogP contribution in [0.3, 0.4) is 0 Å². The van der Waals surface area contributed by atoms with Crippen molar-refractivity contribution in [1.82, 2.24) is 9.97 Å². The molecule has 8 heteroatoms. The van der Waals surface area contributed by atoms with Crippen LogP contribution in [0.15, 0.2) is 67.3 Å². The molecule has 2 aromatic heterocycles. The summed E-state index contributed by atoms with van der Waals surface area (Å²) in [5.41, 5.74) is 3.97. The SMILES string of the molecule is C[C@]12CC[C@@H]3c4ccc(OC(=O)Nc5ccncc5)cc4CC[C@H]3[C@@H]1CC[C@@H]2OC(=O)Nc1ccncc1. The minimum atomic E-state index is -0.511. The molecule has 2 fully saturated rings. The van der Waals surface area contributed by atoms with E-state index in [-0.39, 0.29) is 17.6 Å². The normalized spacial score (nSPS) is 27.3. The first-order valence-electron chi connectivity index (χ1n) is 13.4. The molecule has 0 saturated heterocycles. The second-order valence-corrected chi connectivity index (χ2v) is 10.9. The molecule has 5 atom stereocenters. The molecule has 196 valence electrons. The molecular weight excluding hydrogens is 480 g/mol. The topological polar surface area (TPSA) is 102 Å². The molecule has 0 aliphatic heterocycles. The number of pyridine rings is 2. The molecule has 1 aromatic carbocycles. The van der Waals surface area contributed by atoms with E-state index in [4.69, 9.17) is 9.47 Å². The van der Waals surface area contributed by atoms with E-state index < -0.39 is 6.09 Å². The van der Waals surface area contributed by atoms with Crippen molar-refractivity contribution in [2.75, 3.05) is 10.6 Å². The Hall–Kier alpha value is -3.94. The first-order valence-corrected chi connectivity index (χ1v) is 13.4. The predicted molar refractivity (Wildman–Crippen MR) is 143 cm³/mol. The number of anilines is 2. The Morgan fingerprint density at radius 1 is 0.868 bits per heavy atom. The van der Waals surface area contributed by atoms with Crippen molar-refractivity contribution in [3.8, 4) is 5.75 Å². The Bertz CT molecular complexity index is 1320. The van der Waals surface area contributed by atoms with E-state index in [1.54, 1.807) is 49.1 Å². The second kappa shape index (κ2) is 10.1. The zero-order valence-electron chi connectivity index (χ0n) is 21.4. The van der Waals surface area contributed by atoms with Gasteiger partial charge in [0.2, 0.25) is 0 Å². The van der Waals surface area contributed by atoms with Gasteiger partial charge < -0.3 is 9.47 Å². The van der Waals surface area contributed by atoms with Gasteiger partial charge in [0.1, 0.15) is 11.9 Å². The molecule has 0 unspecified atom stereocenters. The first-order chi connectivity index (χ1) is 18.5. The maximum absolute atomic E-state index is 12.6. The van der Waals surface area contributed by atoms with Crippen LogP contribution in [-0.4, -0.2) is 28.3 Å². The van der Waals surface area contributed by atoms with Crippen molar-refractivity contribution < 1.29 is 19.1 Å². The summed E-state index contributed by atoms with van der Waals surface area (Å²) in [6, 6.07) is 13.0. The molecule has 0 bridgehead atoms. The van der Waals surface area contributed by atoms with Gasteiger partial charge in [-0.3, -0.25) is 20.6 Å². The molecule has 2 amide bonds. The highest BCUT2D eigenvalue weighted by molar-refractivity contribution is 5.86. The largest absolute Gasteiger partial charge is 0.445 e. The summed E-state index contributed by atoms with van der Waals surface area (Å²) in [5.74, 6) is 2.14. The van der Waals surface area contributed by atoms with Crippen LogP contribution in [0.5, 0.6) is 5.75 Å². The maximum atomic E-state index is 12.6. The smallest absolute Gasteiger partial charge is 0.417 e. The van der Waals surface area contributed by atoms with Gasteiger partial charge in [-0.2, -0.15) is 0 Å². The van der Waals surface area contributed by atoms with Gasteiger partial charge in [-0.25, -0.2) is 9.59 Å². The van der Waals surface area contributed by atoms with Crippen molar-refractivity contribution >= 4 is 23.6 Å². The van der Waals surface area contributed by atoms with E-state index in [0.717, 1.165) is 38.5 Å². The Labute approximate surface area is 222 Å². The summed E-state index contributed by atoms with van der Waals surface area (Å²) in [7, 11) is 0. The average Bonchev–Trinajstić information content (AvgIpc) is 3.25. The van der Waals surface area contributed by atoms with Crippen molar-refractivity contribution in [3.05, 3.63) is 78.4 Å². The Balaban J connectivity index is 1.11. The summed E-state index contributed by atoms with van der Waals surface area (Å²) in [6.07, 6.45) is 11.7. The van der Waals surface area contributed by atoms with Gasteiger partial charge in [0, 0.05) is 41.6 Å². The second-order valence-electron chi connectivity index (χ2n) is 10.9. The standard InChI is InChI=1S/C30H32N4O4/c1-30-13-8-24-23-5-3-22(37-28(35)33-20-9-14-31-15-10-20)18-19(23)2-4-25(24)26(30)6-7-27(30)38-29(36)34-21-11-16-32-17-12-21/h3,5,9-12,14-18,24-27H,2,4,6-8,13H2,1H3,(H,31,33,35)(H,32,34,36)/t24-,25-,26+,27+,30+/m1/s1. The number of nitrogens with one attached hydrogen (secondary N) is 2. The summed E-state index contributed by atoms with van der Waals surface area (Å²) < 4.78 is 11.6. The van der Waals surface area contributed by atoms with Crippen LogP contribution >= 0.6 is 0 Å². The number of carbonyl (C=O) groups is 2. The van der Waals surface area contributed by atoms with Crippen LogP contribution in [0.2, 0.25) is 0 Å². The number of benzene rings is 1. The van der Waals surface area contributed by atoms with Gasteiger partial charge >= 0.3 is 12.2 Å². The quantitative estimate of drug-likeness (QED) is 0.410. The van der Waals surface area contributed by atoms with Gasteiger partial charge in [0.25, 0.3) is 0 Å². The number of fused-ring (bicyclic) bond motifs is 5. The predicted octanol–water partition coefficient (Wildman–Crippen LogP) is 6.56. The van der Waals surface area contributed by atoms with Crippen LogP contribution in [0.4, 0.5) is 21.0 Å². The molecular formula is C30H32N4O4. The molecule has 2 saturated carbocycles. The van der Waals surface area contributed by atoms with Crippen molar-refractivity contribution in [3.63, 3.8) is 0 Å². The monoisotopic (exact) mass is 512 g/mol. The van der Waals surface area contributed by atoms with Crippen LogP contribution in [-0.2, 0) is 11.2 Å². The number of nitrogens with zero attached hydrogens (tertiary/aromatic N) is 2. The van der Waals surface area contributed by atoms with E-state index in [0.29, 0.717) is 34.9 Å². The molecule has 3 aromatic rings. The molecule has 0 spiro atoms. The van der Waals surface area contributed by atoms with Gasteiger partial charge in [-0.1, -0.05) is 13.0 Å². The van der Waals surface area contributed by atoms with Crippen molar-refractivity contribution in [1.29, 1.82) is 0 Å². The lowest BCUT2D eigenvalue weighted by Crippen LogP contribution is -2.45. The lowest BCUT2D eigenvalue weighted by atomic mass is 9.55. The fourth-order valence-corrected chi connectivity index (χ4v) is 7.17. The van der Waals surface area contributed by atoms with Gasteiger partial charge in [0.05, 0.1) is 0 Å². The number of rotatable bonds is 4. The number of hydrogen-bond donors (Lipinski definition) is 2. The number of carbonyl (C=O) groups excluding carboxylic acids is 2. The third-order valence-electron chi connectivity index (χ3n) is 8.92. The number of ether oxygens (including phenoxy) is 2. The molecule has 3 aliphatic carbocycles. The molecule has 3 aliphatic rings. The molecule has 0 radical (unpaired) electrons. The third kappa shape index (κ3) is 4.71. The van der Waals surface area contributed by atoms with Crippen molar-refractivity contribution in [2.45, 2.75) is 57.5 Å². The van der Waals surface area contributed by atoms with Crippen LogP contribution < -0.4 is 15.4 Å². The van der Waals surface area contributed by atoms with Gasteiger partial charge in [0.15, 0.2) is 0 Å². The molecule has 6 rings (SSSR count). The lowest BCUT2D eigenvalue weighted by Gasteiger charge is -2.50. The van der Waals surface area contributed by atoms with Crippen LogP contribution in [0.1, 0.15) is 56.1 Å². The Morgan fingerprint density at radius 3 is 2.26 bits per heavy atom. The lowest BCUT2D eigenvalue weighted by molar-refractivity contribution is -0.0278. The van der Waals surface area contributed by atoms with E-state index in [1.165, 1.54) is 11.1 Å². The summed E-state index contributed by atoms with van der Waals surface area (Å²) >= 11 is 0. The van der Waals surface area contributed by atoms with E-state index in [1.807, 2.05) is 12.1 Å². The summed E-state index contributed by atoms with van der Waals surface area (Å²) in [5, 5.41) is 5.57. The minimum absolute atomic E-state index is 0.0116. The first kappa shape index (κ1) is 24.4. The highest BCUT2D eigenvalue weighted by atomic mass is 16.6. The van der Waals surface area contributed by atoms with Gasteiger partial charge in [-0.15, -0.1) is 0 Å². The fraction of sp³-hybridized carbons (Fsp3) is 0.400. The highest BCUT2D eigenvalue weighted by Gasteiger charge is 2.56. The zero-order chi connectivity index (χ0) is 26.1. The van der Waals surface area contributed by atoms with E-state index in [2.05, 4.69) is 33.6 Å². The Kier molecular flexibility index (Phi) is 6.47. The average molecular weight is 513 g/mol. The number of aryl methyl sites for hydroxylation is 1. The highest BCUT2D eigenvalue weighted by Crippen LogP contribution is 2.61.